The van der Waals surface area contributed by atoms with Gasteiger partial charge in [-0.15, -0.1) is 0 Å². The second-order valence-corrected chi connectivity index (χ2v) is 12.8. The second kappa shape index (κ2) is 11.1. The quantitative estimate of drug-likeness (QED) is 0.207. The van der Waals surface area contributed by atoms with Gasteiger partial charge >= 0.3 is 0 Å². The molecule has 0 amide bonds. The summed E-state index contributed by atoms with van der Waals surface area (Å²) in [7, 11) is 0. The van der Waals surface area contributed by atoms with Gasteiger partial charge in [-0.05, 0) is 68.2 Å². The van der Waals surface area contributed by atoms with E-state index in [9.17, 15) is 0 Å². The summed E-state index contributed by atoms with van der Waals surface area (Å²) in [5.41, 5.74) is 8.90. The van der Waals surface area contributed by atoms with Crippen molar-refractivity contribution in [3.05, 3.63) is 193 Å². The van der Waals surface area contributed by atoms with E-state index in [0.29, 0.717) is 0 Å². The standard InChI is InChI=1S/C46H31N3/c1-2-15-33(16-3-1)46-47-40(29-41(48-46)39-23-11-17-30-12-4-7-20-36(30)39)34-18-10-19-35(28-34)49-42-26-24-31-13-5-8-21-37(31)44(42)45-38-22-9-6-14-32(38)25-27-43(45)49/h1-29,46,48H. The third kappa shape index (κ3) is 4.47. The van der Waals surface area contributed by atoms with Crippen molar-refractivity contribution in [2.75, 3.05) is 0 Å². The molecule has 3 nitrogen and oxygen atoms in total. The van der Waals surface area contributed by atoms with Gasteiger partial charge in [0.15, 0.2) is 0 Å². The molecule has 0 saturated heterocycles. The minimum atomic E-state index is -0.218. The molecule has 1 aliphatic rings. The number of allylic oxidation sites excluding steroid dienone is 1. The first-order valence-corrected chi connectivity index (χ1v) is 16.8. The van der Waals surface area contributed by atoms with Crippen LogP contribution < -0.4 is 5.32 Å². The molecule has 0 fully saturated rings. The number of aromatic nitrogens is 1. The SMILES string of the molecule is C1=C(c2cccc3ccccc23)NC(c2ccccc2)N=C1c1cccc(-n2c3ccc4ccccc4c3c3c4ccccc4ccc32)c1. The molecule has 0 saturated carbocycles. The number of fused-ring (bicyclic) bond motifs is 8. The largest absolute Gasteiger partial charge is 0.359 e. The highest BCUT2D eigenvalue weighted by Crippen LogP contribution is 2.41. The molecule has 1 aromatic heterocycles. The van der Waals surface area contributed by atoms with E-state index < -0.39 is 0 Å². The maximum atomic E-state index is 5.33. The zero-order chi connectivity index (χ0) is 32.3. The summed E-state index contributed by atoms with van der Waals surface area (Å²) in [4.78, 5) is 5.33. The Balaban J connectivity index is 1.20. The van der Waals surface area contributed by atoms with Crippen LogP contribution in [0, 0.1) is 0 Å². The number of hydrogen-bond acceptors (Lipinski definition) is 2. The third-order valence-electron chi connectivity index (χ3n) is 9.98. The number of aliphatic imine (C=N–C) groups is 1. The zero-order valence-corrected chi connectivity index (χ0v) is 26.7. The van der Waals surface area contributed by atoms with Gasteiger partial charge < -0.3 is 9.88 Å². The van der Waals surface area contributed by atoms with Crippen LogP contribution in [0.3, 0.4) is 0 Å². The van der Waals surface area contributed by atoms with Crippen LogP contribution in [-0.2, 0) is 0 Å². The van der Waals surface area contributed by atoms with E-state index in [1.807, 2.05) is 0 Å². The maximum Gasteiger partial charge on any atom is 0.145 e. The number of rotatable bonds is 4. The molecule has 0 bridgehead atoms. The number of nitrogens with one attached hydrogen (secondary N) is 1. The number of hydrogen-bond donors (Lipinski definition) is 1. The van der Waals surface area contributed by atoms with Gasteiger partial charge in [0.05, 0.1) is 16.7 Å². The summed E-state index contributed by atoms with van der Waals surface area (Å²) in [5.74, 6) is 0. The molecule has 1 atom stereocenters. The van der Waals surface area contributed by atoms with Gasteiger partial charge in [-0.2, -0.15) is 0 Å². The molecule has 1 aliphatic heterocycles. The maximum absolute atomic E-state index is 5.33. The molecule has 1 N–H and O–H groups in total. The topological polar surface area (TPSA) is 29.3 Å². The van der Waals surface area contributed by atoms with Crippen LogP contribution in [0.15, 0.2) is 181 Å². The Morgan fingerprint density at radius 1 is 0.490 bits per heavy atom. The second-order valence-electron chi connectivity index (χ2n) is 12.8. The molecule has 1 unspecified atom stereocenters. The van der Waals surface area contributed by atoms with Gasteiger partial charge in [-0.3, -0.25) is 4.99 Å². The van der Waals surface area contributed by atoms with E-state index in [1.165, 1.54) is 59.7 Å². The fourth-order valence-electron chi connectivity index (χ4n) is 7.73. The van der Waals surface area contributed by atoms with Crippen LogP contribution in [-0.4, -0.2) is 10.3 Å². The van der Waals surface area contributed by atoms with Crippen LogP contribution in [0.4, 0.5) is 0 Å². The molecule has 0 aliphatic carbocycles. The fraction of sp³-hybridized carbons (Fsp3) is 0.0217. The molecule has 230 valence electrons. The third-order valence-corrected chi connectivity index (χ3v) is 9.98. The van der Waals surface area contributed by atoms with Crippen LogP contribution in [0.25, 0.3) is 65.5 Å². The average Bonchev–Trinajstić information content (AvgIpc) is 3.53. The van der Waals surface area contributed by atoms with E-state index >= 15 is 0 Å². The van der Waals surface area contributed by atoms with Crippen LogP contribution in [0.1, 0.15) is 22.9 Å². The molecule has 10 rings (SSSR count). The fourth-order valence-corrected chi connectivity index (χ4v) is 7.73. The van der Waals surface area contributed by atoms with Crippen LogP contribution in [0.2, 0.25) is 0 Å². The Labute approximate surface area is 284 Å². The summed E-state index contributed by atoms with van der Waals surface area (Å²) < 4.78 is 2.43. The van der Waals surface area contributed by atoms with E-state index in [4.69, 9.17) is 4.99 Å². The van der Waals surface area contributed by atoms with Crippen LogP contribution >= 0.6 is 0 Å². The predicted molar refractivity (Wildman–Crippen MR) is 207 cm³/mol. The van der Waals surface area contributed by atoms with Crippen molar-refractivity contribution in [2.45, 2.75) is 6.17 Å². The summed E-state index contributed by atoms with van der Waals surface area (Å²) in [6.45, 7) is 0. The highest BCUT2D eigenvalue weighted by atomic mass is 15.1. The summed E-state index contributed by atoms with van der Waals surface area (Å²) >= 11 is 0. The first-order chi connectivity index (χ1) is 24.3. The minimum Gasteiger partial charge on any atom is -0.359 e. The van der Waals surface area contributed by atoms with Crippen molar-refractivity contribution in [1.82, 2.24) is 9.88 Å². The van der Waals surface area contributed by atoms with Gasteiger partial charge in [-0.25, -0.2) is 0 Å². The smallest absolute Gasteiger partial charge is 0.145 e. The Morgan fingerprint density at radius 2 is 1.06 bits per heavy atom. The zero-order valence-electron chi connectivity index (χ0n) is 26.7. The molecular weight excluding hydrogens is 595 g/mol. The highest BCUT2D eigenvalue weighted by Gasteiger charge is 2.22. The lowest BCUT2D eigenvalue weighted by Crippen LogP contribution is -2.25. The van der Waals surface area contributed by atoms with Crippen molar-refractivity contribution >= 4 is 65.5 Å². The van der Waals surface area contributed by atoms with Crippen LogP contribution in [0.5, 0.6) is 0 Å². The highest BCUT2D eigenvalue weighted by molar-refractivity contribution is 6.28. The molecule has 2 heterocycles. The number of benzene rings is 8. The van der Waals surface area contributed by atoms with Gasteiger partial charge in [-0.1, -0.05) is 146 Å². The first-order valence-electron chi connectivity index (χ1n) is 16.8. The molecule has 8 aromatic carbocycles. The first kappa shape index (κ1) is 27.6. The normalized spacial score (nSPS) is 14.7. The predicted octanol–water partition coefficient (Wildman–Crippen LogP) is 11.4. The Hall–Kier alpha value is -6.45. The average molecular weight is 626 g/mol. The molecule has 49 heavy (non-hydrogen) atoms. The van der Waals surface area contributed by atoms with Crippen molar-refractivity contribution in [3.63, 3.8) is 0 Å². The van der Waals surface area contributed by atoms with Crippen molar-refractivity contribution < 1.29 is 0 Å². The van der Waals surface area contributed by atoms with Gasteiger partial charge in [0.1, 0.15) is 6.17 Å². The Bertz CT molecular complexity index is 2700. The molecule has 0 spiro atoms. The molecule has 0 radical (unpaired) electrons. The lowest BCUT2D eigenvalue weighted by molar-refractivity contribution is 0.664. The molecule has 3 heteroatoms. The van der Waals surface area contributed by atoms with E-state index in [0.717, 1.165) is 28.2 Å². The summed E-state index contributed by atoms with van der Waals surface area (Å²) in [6, 6.07) is 61.0. The van der Waals surface area contributed by atoms with E-state index in [2.05, 4.69) is 186 Å². The Morgan fingerprint density at radius 3 is 1.76 bits per heavy atom. The van der Waals surface area contributed by atoms with Crippen molar-refractivity contribution in [1.29, 1.82) is 0 Å². The summed E-state index contributed by atoms with van der Waals surface area (Å²) in [5, 5.41) is 13.8. The monoisotopic (exact) mass is 625 g/mol. The lowest BCUT2D eigenvalue weighted by Gasteiger charge is -2.25. The Kier molecular flexibility index (Phi) is 6.25. The van der Waals surface area contributed by atoms with Gasteiger partial charge in [0.25, 0.3) is 0 Å². The van der Waals surface area contributed by atoms with Crippen molar-refractivity contribution in [2.24, 2.45) is 4.99 Å². The molecular formula is C46H31N3. The van der Waals surface area contributed by atoms with E-state index in [-0.39, 0.29) is 6.17 Å². The van der Waals surface area contributed by atoms with Gasteiger partial charge in [0.2, 0.25) is 0 Å². The van der Waals surface area contributed by atoms with Crippen molar-refractivity contribution in [3.8, 4) is 5.69 Å². The summed E-state index contributed by atoms with van der Waals surface area (Å²) in [6.07, 6.45) is 2.00. The number of nitrogens with zero attached hydrogens (tertiary/aromatic N) is 2. The molecule has 9 aromatic rings. The minimum absolute atomic E-state index is 0.218. The van der Waals surface area contributed by atoms with Gasteiger partial charge in [0, 0.05) is 33.3 Å². The lowest BCUT2D eigenvalue weighted by atomic mass is 9.97. The van der Waals surface area contributed by atoms with E-state index in [1.54, 1.807) is 0 Å².